The van der Waals surface area contributed by atoms with E-state index >= 15 is 0 Å². The van der Waals surface area contributed by atoms with E-state index < -0.39 is 5.82 Å². The molecule has 0 amide bonds. The number of benzene rings is 2. The Kier molecular flexibility index (Phi) is 4.48. The lowest BCUT2D eigenvalue weighted by Gasteiger charge is -2.13. The lowest BCUT2D eigenvalue weighted by Crippen LogP contribution is -2.26. The Balaban J connectivity index is 1.97. The van der Waals surface area contributed by atoms with Gasteiger partial charge in [-0.15, -0.1) is 0 Å². The molecule has 0 heterocycles. The first-order chi connectivity index (χ1) is 9.58. The Bertz CT molecular complexity index is 599. The van der Waals surface area contributed by atoms with Crippen molar-refractivity contribution in [1.82, 2.24) is 5.32 Å². The minimum atomic E-state index is -0.507. The molecule has 2 aromatic carbocycles. The highest BCUT2D eigenvalue weighted by Gasteiger charge is 2.10. The van der Waals surface area contributed by atoms with Crippen LogP contribution in [0.15, 0.2) is 48.5 Å². The average molecular weight is 272 g/mol. The van der Waals surface area contributed by atoms with Gasteiger partial charge in [0.1, 0.15) is 5.82 Å². The Hall–Kier alpha value is -2.20. The van der Waals surface area contributed by atoms with Crippen molar-refractivity contribution in [2.24, 2.45) is 0 Å². The summed E-state index contributed by atoms with van der Waals surface area (Å²) in [6.07, 6.45) is 0. The molecule has 0 spiro atoms. The summed E-state index contributed by atoms with van der Waals surface area (Å²) in [5.74, 6) is -0.619. The standard InChI is InChI=1S/C16H17FN2O/c1-11(12-5-3-2-4-6-12)19-10-16(20)13-7-8-14(17)15(18)9-13/h2-9,11,19H,10,18H2,1H3. The predicted molar refractivity (Wildman–Crippen MR) is 78.0 cm³/mol. The minimum Gasteiger partial charge on any atom is -0.396 e. The van der Waals surface area contributed by atoms with Gasteiger partial charge in [0.2, 0.25) is 0 Å². The van der Waals surface area contributed by atoms with Gasteiger partial charge in [0.15, 0.2) is 5.78 Å². The third-order valence-corrected chi connectivity index (χ3v) is 3.19. The number of ketones is 1. The van der Waals surface area contributed by atoms with E-state index in [1.54, 1.807) is 0 Å². The summed E-state index contributed by atoms with van der Waals surface area (Å²) >= 11 is 0. The second-order valence-corrected chi connectivity index (χ2v) is 4.67. The van der Waals surface area contributed by atoms with Crippen molar-refractivity contribution in [2.45, 2.75) is 13.0 Å². The molecule has 0 bridgehead atoms. The molecule has 0 aliphatic rings. The molecule has 3 N–H and O–H groups in total. The zero-order chi connectivity index (χ0) is 14.5. The molecule has 3 nitrogen and oxygen atoms in total. The number of anilines is 1. The van der Waals surface area contributed by atoms with Crippen molar-refractivity contribution in [2.75, 3.05) is 12.3 Å². The summed E-state index contributed by atoms with van der Waals surface area (Å²) in [5.41, 5.74) is 6.97. The number of Topliss-reactive ketones (excluding diaryl/α,β-unsaturated/α-hetero) is 1. The molecular formula is C16H17FN2O. The smallest absolute Gasteiger partial charge is 0.176 e. The first-order valence-electron chi connectivity index (χ1n) is 6.44. The maximum Gasteiger partial charge on any atom is 0.176 e. The van der Waals surface area contributed by atoms with Gasteiger partial charge in [-0.25, -0.2) is 4.39 Å². The van der Waals surface area contributed by atoms with Gasteiger partial charge >= 0.3 is 0 Å². The van der Waals surface area contributed by atoms with Gasteiger partial charge in [0.25, 0.3) is 0 Å². The molecule has 20 heavy (non-hydrogen) atoms. The van der Waals surface area contributed by atoms with Gasteiger partial charge in [0, 0.05) is 11.6 Å². The maximum absolute atomic E-state index is 13.0. The number of hydrogen-bond acceptors (Lipinski definition) is 3. The fourth-order valence-electron chi connectivity index (χ4n) is 1.92. The van der Waals surface area contributed by atoms with Crippen LogP contribution in [0, 0.1) is 5.82 Å². The summed E-state index contributed by atoms with van der Waals surface area (Å²) < 4.78 is 13.0. The second kappa shape index (κ2) is 6.30. The predicted octanol–water partition coefficient (Wildman–Crippen LogP) is 2.94. The van der Waals surface area contributed by atoms with Crippen LogP contribution in [0.3, 0.4) is 0 Å². The number of carbonyl (C=O) groups excluding carboxylic acids is 1. The first-order valence-corrected chi connectivity index (χ1v) is 6.44. The van der Waals surface area contributed by atoms with E-state index in [0.717, 1.165) is 5.56 Å². The van der Waals surface area contributed by atoms with E-state index in [0.29, 0.717) is 5.56 Å². The second-order valence-electron chi connectivity index (χ2n) is 4.67. The molecule has 0 radical (unpaired) electrons. The van der Waals surface area contributed by atoms with Crippen LogP contribution in [-0.2, 0) is 0 Å². The molecular weight excluding hydrogens is 255 g/mol. The fraction of sp³-hybridized carbons (Fsp3) is 0.188. The molecule has 0 fully saturated rings. The number of nitrogens with one attached hydrogen (secondary N) is 1. The van der Waals surface area contributed by atoms with Crippen molar-refractivity contribution >= 4 is 11.5 Å². The molecule has 2 aromatic rings. The summed E-state index contributed by atoms with van der Waals surface area (Å²) in [6, 6.07) is 13.9. The van der Waals surface area contributed by atoms with E-state index in [4.69, 9.17) is 5.73 Å². The fourth-order valence-corrected chi connectivity index (χ4v) is 1.92. The van der Waals surface area contributed by atoms with Gasteiger partial charge in [-0.05, 0) is 30.7 Å². The normalized spacial score (nSPS) is 12.1. The summed E-state index contributed by atoms with van der Waals surface area (Å²) in [7, 11) is 0. The molecule has 0 saturated carbocycles. The van der Waals surface area contributed by atoms with E-state index in [-0.39, 0.29) is 24.1 Å². The van der Waals surface area contributed by atoms with Gasteiger partial charge in [0.05, 0.1) is 12.2 Å². The molecule has 104 valence electrons. The molecule has 2 rings (SSSR count). The molecule has 1 unspecified atom stereocenters. The quantitative estimate of drug-likeness (QED) is 0.650. The molecule has 0 aromatic heterocycles. The first kappa shape index (κ1) is 14.2. The molecule has 0 aliphatic carbocycles. The molecule has 1 atom stereocenters. The van der Waals surface area contributed by atoms with Crippen LogP contribution in [0.5, 0.6) is 0 Å². The average Bonchev–Trinajstić information content (AvgIpc) is 2.48. The topological polar surface area (TPSA) is 55.1 Å². The van der Waals surface area contributed by atoms with Gasteiger partial charge in [-0.2, -0.15) is 0 Å². The zero-order valence-corrected chi connectivity index (χ0v) is 11.3. The largest absolute Gasteiger partial charge is 0.396 e. The van der Waals surface area contributed by atoms with Crippen LogP contribution >= 0.6 is 0 Å². The summed E-state index contributed by atoms with van der Waals surface area (Å²) in [4.78, 5) is 12.0. The third kappa shape index (κ3) is 3.42. The highest BCUT2D eigenvalue weighted by Crippen LogP contribution is 2.14. The van der Waals surface area contributed by atoms with E-state index in [9.17, 15) is 9.18 Å². The van der Waals surface area contributed by atoms with Gasteiger partial charge in [-0.1, -0.05) is 30.3 Å². The van der Waals surface area contributed by atoms with Crippen molar-refractivity contribution in [3.05, 3.63) is 65.5 Å². The number of hydrogen-bond donors (Lipinski definition) is 2. The highest BCUT2D eigenvalue weighted by molar-refractivity contribution is 5.98. The Labute approximate surface area is 117 Å². The number of nitrogen functional groups attached to an aromatic ring is 1. The van der Waals surface area contributed by atoms with E-state index in [1.165, 1.54) is 18.2 Å². The van der Waals surface area contributed by atoms with Crippen LogP contribution in [0.2, 0.25) is 0 Å². The van der Waals surface area contributed by atoms with Crippen molar-refractivity contribution in [3.63, 3.8) is 0 Å². The Morgan fingerprint density at radius 2 is 1.95 bits per heavy atom. The van der Waals surface area contributed by atoms with Crippen LogP contribution in [0.4, 0.5) is 10.1 Å². The maximum atomic E-state index is 13.0. The summed E-state index contributed by atoms with van der Waals surface area (Å²) in [5, 5.41) is 3.15. The van der Waals surface area contributed by atoms with Gasteiger partial charge < -0.3 is 11.1 Å². The molecule has 0 aliphatic heterocycles. The SMILES string of the molecule is CC(NCC(=O)c1ccc(F)c(N)c1)c1ccccc1. The lowest BCUT2D eigenvalue weighted by atomic mass is 10.1. The minimum absolute atomic E-state index is 0.00745. The number of carbonyl (C=O) groups is 1. The Morgan fingerprint density at radius 3 is 2.60 bits per heavy atom. The lowest BCUT2D eigenvalue weighted by molar-refractivity contribution is 0.0988. The highest BCUT2D eigenvalue weighted by atomic mass is 19.1. The van der Waals surface area contributed by atoms with Gasteiger partial charge in [-0.3, -0.25) is 4.79 Å². The van der Waals surface area contributed by atoms with Crippen LogP contribution < -0.4 is 11.1 Å². The molecule has 4 heteroatoms. The monoisotopic (exact) mass is 272 g/mol. The summed E-state index contributed by atoms with van der Waals surface area (Å²) in [6.45, 7) is 2.17. The molecule has 0 saturated heterocycles. The zero-order valence-electron chi connectivity index (χ0n) is 11.3. The third-order valence-electron chi connectivity index (χ3n) is 3.19. The van der Waals surface area contributed by atoms with Crippen molar-refractivity contribution in [1.29, 1.82) is 0 Å². The Morgan fingerprint density at radius 1 is 1.25 bits per heavy atom. The van der Waals surface area contributed by atoms with Crippen LogP contribution in [0.25, 0.3) is 0 Å². The number of nitrogens with two attached hydrogens (primary N) is 1. The van der Waals surface area contributed by atoms with E-state index in [1.807, 2.05) is 37.3 Å². The van der Waals surface area contributed by atoms with Crippen LogP contribution in [0.1, 0.15) is 28.9 Å². The van der Waals surface area contributed by atoms with Crippen molar-refractivity contribution in [3.8, 4) is 0 Å². The number of halogens is 1. The van der Waals surface area contributed by atoms with Crippen molar-refractivity contribution < 1.29 is 9.18 Å². The number of rotatable bonds is 5. The van der Waals surface area contributed by atoms with E-state index in [2.05, 4.69) is 5.32 Å². The van der Waals surface area contributed by atoms with Crippen LogP contribution in [-0.4, -0.2) is 12.3 Å².